The number of carboxylic acid groups (broad SMARTS) is 1. The van der Waals surface area contributed by atoms with Crippen molar-refractivity contribution >= 4 is 44.3 Å². The van der Waals surface area contributed by atoms with Crippen LogP contribution in [0.2, 0.25) is 0 Å². The van der Waals surface area contributed by atoms with Crippen molar-refractivity contribution < 1.29 is 27.9 Å². The average molecular weight is 592 g/mol. The van der Waals surface area contributed by atoms with E-state index in [0.29, 0.717) is 37.6 Å². The summed E-state index contributed by atoms with van der Waals surface area (Å²) in [5, 5.41) is 13.0. The number of aromatic amines is 1. The first kappa shape index (κ1) is 29.0. The summed E-state index contributed by atoms with van der Waals surface area (Å²) in [6, 6.07) is 18.2. The zero-order valence-electron chi connectivity index (χ0n) is 23.3. The van der Waals surface area contributed by atoms with E-state index in [1.807, 2.05) is 42.2 Å². The summed E-state index contributed by atoms with van der Waals surface area (Å²) >= 11 is 0. The maximum absolute atomic E-state index is 13.7. The first-order chi connectivity index (χ1) is 20.1. The number of rotatable bonds is 9. The number of methoxy groups -OCH3 is 1. The van der Waals surface area contributed by atoms with E-state index in [-0.39, 0.29) is 11.3 Å². The van der Waals surface area contributed by atoms with Crippen LogP contribution in [-0.2, 0) is 21.2 Å². The molecule has 11 nitrogen and oxygen atoms in total. The number of hydrogen-bond donors (Lipinski definition) is 4. The van der Waals surface area contributed by atoms with E-state index in [4.69, 9.17) is 4.74 Å². The Morgan fingerprint density at radius 3 is 2.43 bits per heavy atom. The molecular formula is C30H33N5O6S. The molecule has 0 saturated carbocycles. The van der Waals surface area contributed by atoms with Crippen LogP contribution in [0.15, 0.2) is 77.8 Å². The van der Waals surface area contributed by atoms with E-state index < -0.39 is 28.1 Å². The van der Waals surface area contributed by atoms with Crippen LogP contribution in [0.5, 0.6) is 5.75 Å². The third-order valence-corrected chi connectivity index (χ3v) is 8.89. The zero-order valence-corrected chi connectivity index (χ0v) is 24.1. The first-order valence-electron chi connectivity index (χ1n) is 13.5. The molecule has 2 heterocycles. The van der Waals surface area contributed by atoms with Crippen LogP contribution < -0.4 is 19.7 Å². The van der Waals surface area contributed by atoms with Gasteiger partial charge in [0.15, 0.2) is 0 Å². The molecular weight excluding hydrogens is 558 g/mol. The number of amides is 2. The number of nitrogens with one attached hydrogen (secondary N) is 3. The largest absolute Gasteiger partial charge is 0.494 e. The number of anilines is 2. The quantitative estimate of drug-likeness (QED) is 0.232. The van der Waals surface area contributed by atoms with Crippen LogP contribution in [0.3, 0.4) is 0 Å². The Balaban J connectivity index is 1.39. The minimum atomic E-state index is -4.02. The number of para-hydroxylation sites is 1. The van der Waals surface area contributed by atoms with Crippen LogP contribution in [0.25, 0.3) is 10.9 Å². The molecule has 1 aliphatic heterocycles. The number of carbonyl (C=O) groups is 2. The van der Waals surface area contributed by atoms with Crippen molar-refractivity contribution in [3.8, 4) is 5.75 Å². The first-order valence-corrected chi connectivity index (χ1v) is 15.0. The number of fused-ring (bicyclic) bond motifs is 1. The molecule has 2 amide bonds. The van der Waals surface area contributed by atoms with Crippen molar-refractivity contribution in [1.82, 2.24) is 14.6 Å². The van der Waals surface area contributed by atoms with Crippen molar-refractivity contribution in [2.45, 2.75) is 24.3 Å². The van der Waals surface area contributed by atoms with Gasteiger partial charge in [0.2, 0.25) is 15.9 Å². The van der Waals surface area contributed by atoms with Gasteiger partial charge in [0, 0.05) is 55.0 Å². The SMILES string of the molecule is COc1cc(N2CCN(C(=O)O)CC2)ccc1NC(=O)C(Cc1c[nH]c2ccccc12)NS(=O)(=O)c1ccc(C)cc1. The third-order valence-electron chi connectivity index (χ3n) is 7.40. The fraction of sp³-hybridized carbons (Fsp3) is 0.267. The highest BCUT2D eigenvalue weighted by atomic mass is 32.2. The van der Waals surface area contributed by atoms with Crippen LogP contribution in [0.4, 0.5) is 16.2 Å². The van der Waals surface area contributed by atoms with Gasteiger partial charge in [0.1, 0.15) is 11.8 Å². The Hall–Kier alpha value is -4.55. The van der Waals surface area contributed by atoms with Gasteiger partial charge < -0.3 is 29.9 Å². The van der Waals surface area contributed by atoms with Crippen molar-refractivity contribution in [3.63, 3.8) is 0 Å². The second kappa shape index (κ2) is 12.1. The molecule has 0 spiro atoms. The lowest BCUT2D eigenvalue weighted by atomic mass is 10.0. The smallest absolute Gasteiger partial charge is 0.407 e. The van der Waals surface area contributed by atoms with Gasteiger partial charge in [-0.25, -0.2) is 13.2 Å². The highest BCUT2D eigenvalue weighted by molar-refractivity contribution is 7.89. The molecule has 0 bridgehead atoms. The van der Waals surface area contributed by atoms with Gasteiger partial charge in [0.25, 0.3) is 0 Å². The molecule has 4 aromatic rings. The second-order valence-corrected chi connectivity index (χ2v) is 11.9. The van der Waals surface area contributed by atoms with Crippen LogP contribution in [0.1, 0.15) is 11.1 Å². The number of nitrogens with zero attached hydrogens (tertiary/aromatic N) is 2. The fourth-order valence-corrected chi connectivity index (χ4v) is 6.23. The van der Waals surface area contributed by atoms with Gasteiger partial charge in [-0.15, -0.1) is 0 Å². The average Bonchev–Trinajstić information content (AvgIpc) is 3.40. The summed E-state index contributed by atoms with van der Waals surface area (Å²) < 4.78 is 34.9. The van der Waals surface area contributed by atoms with E-state index in [1.165, 1.54) is 24.1 Å². The molecule has 220 valence electrons. The van der Waals surface area contributed by atoms with E-state index >= 15 is 0 Å². The lowest BCUT2D eigenvalue weighted by Gasteiger charge is -2.34. The van der Waals surface area contributed by atoms with Crippen molar-refractivity contribution in [1.29, 1.82) is 0 Å². The van der Waals surface area contributed by atoms with Crippen LogP contribution in [0, 0.1) is 6.92 Å². The van der Waals surface area contributed by atoms with E-state index in [2.05, 4.69) is 15.0 Å². The molecule has 0 radical (unpaired) electrons. The molecule has 0 aliphatic carbocycles. The number of benzene rings is 3. The van der Waals surface area contributed by atoms with E-state index in [9.17, 15) is 23.1 Å². The summed E-state index contributed by atoms with van der Waals surface area (Å²) in [5.41, 5.74) is 3.80. The minimum absolute atomic E-state index is 0.0646. The normalized spacial score (nSPS) is 14.5. The Labute approximate surface area is 244 Å². The van der Waals surface area contributed by atoms with E-state index in [1.54, 1.807) is 30.5 Å². The number of H-pyrrole nitrogens is 1. The number of aryl methyl sites for hydroxylation is 1. The standard InChI is InChI=1S/C30H33N5O6S/c1-20-7-10-23(11-8-20)42(39,40)33-27(17-21-19-31-25-6-4-3-5-24(21)25)29(36)32-26-12-9-22(18-28(26)41-2)34-13-15-35(16-14-34)30(37)38/h3-12,18-19,27,31,33H,13-17H2,1-2H3,(H,32,36)(H,37,38). The summed E-state index contributed by atoms with van der Waals surface area (Å²) in [6.45, 7) is 3.68. The van der Waals surface area contributed by atoms with Gasteiger partial charge in [-0.05, 0) is 49.2 Å². The second-order valence-electron chi connectivity index (χ2n) is 10.2. The maximum Gasteiger partial charge on any atom is 0.407 e. The Morgan fingerprint density at radius 2 is 1.74 bits per heavy atom. The van der Waals surface area contributed by atoms with Crippen molar-refractivity contribution in [2.24, 2.45) is 0 Å². The molecule has 1 aliphatic rings. The summed E-state index contributed by atoms with van der Waals surface area (Å²) in [4.78, 5) is 31.6. The Kier molecular flexibility index (Phi) is 8.36. The Bertz CT molecular complexity index is 1690. The monoisotopic (exact) mass is 591 g/mol. The lowest BCUT2D eigenvalue weighted by Crippen LogP contribution is -2.48. The summed E-state index contributed by atoms with van der Waals surface area (Å²) in [7, 11) is -2.54. The predicted molar refractivity (Wildman–Crippen MR) is 161 cm³/mol. The molecule has 3 aromatic carbocycles. The van der Waals surface area contributed by atoms with Crippen LogP contribution in [-0.4, -0.2) is 74.7 Å². The maximum atomic E-state index is 13.7. The van der Waals surface area contributed by atoms with Gasteiger partial charge >= 0.3 is 6.09 Å². The minimum Gasteiger partial charge on any atom is -0.494 e. The van der Waals surface area contributed by atoms with Gasteiger partial charge in [-0.1, -0.05) is 35.9 Å². The Morgan fingerprint density at radius 1 is 1.02 bits per heavy atom. The molecule has 1 fully saturated rings. The number of aromatic nitrogens is 1. The molecule has 4 N–H and O–H groups in total. The third kappa shape index (κ3) is 6.34. The highest BCUT2D eigenvalue weighted by Gasteiger charge is 2.28. The van der Waals surface area contributed by atoms with Gasteiger partial charge in [-0.2, -0.15) is 4.72 Å². The number of piperazine rings is 1. The number of sulfonamides is 1. The zero-order chi connectivity index (χ0) is 29.9. The molecule has 1 aromatic heterocycles. The molecule has 1 unspecified atom stereocenters. The topological polar surface area (TPSA) is 144 Å². The molecule has 1 saturated heterocycles. The van der Waals surface area contributed by atoms with Gasteiger partial charge in [-0.3, -0.25) is 4.79 Å². The number of ether oxygens (including phenoxy) is 1. The van der Waals surface area contributed by atoms with Crippen molar-refractivity contribution in [2.75, 3.05) is 43.5 Å². The highest BCUT2D eigenvalue weighted by Crippen LogP contribution is 2.31. The molecule has 1 atom stereocenters. The van der Waals surface area contributed by atoms with Gasteiger partial charge in [0.05, 0.1) is 17.7 Å². The summed E-state index contributed by atoms with van der Waals surface area (Å²) in [5.74, 6) is -0.147. The fourth-order valence-electron chi connectivity index (χ4n) is 5.04. The molecule has 42 heavy (non-hydrogen) atoms. The predicted octanol–water partition coefficient (Wildman–Crippen LogP) is 3.81. The summed E-state index contributed by atoms with van der Waals surface area (Å²) in [6.07, 6.45) is 0.949. The van der Waals surface area contributed by atoms with E-state index in [0.717, 1.165) is 27.7 Å². The van der Waals surface area contributed by atoms with Crippen LogP contribution >= 0.6 is 0 Å². The number of hydrogen-bond acceptors (Lipinski definition) is 6. The molecule has 12 heteroatoms. The lowest BCUT2D eigenvalue weighted by molar-refractivity contribution is -0.117. The molecule has 5 rings (SSSR count). The number of carbonyl (C=O) groups excluding carboxylic acids is 1. The van der Waals surface area contributed by atoms with Crippen molar-refractivity contribution in [3.05, 3.63) is 84.1 Å².